The van der Waals surface area contributed by atoms with E-state index in [1.165, 1.54) is 50.3 Å². The first-order valence-corrected chi connectivity index (χ1v) is 5.45. The van der Waals surface area contributed by atoms with Crippen molar-refractivity contribution in [2.24, 2.45) is 0 Å². The molecule has 0 heterocycles. The number of halogens is 1. The van der Waals surface area contributed by atoms with Crippen LogP contribution < -0.4 is 0 Å². The Hall–Kier alpha value is 0.480. The summed E-state index contributed by atoms with van der Waals surface area (Å²) < 4.78 is 0. The molecule has 1 fully saturated rings. The van der Waals surface area contributed by atoms with E-state index in [9.17, 15) is 0 Å². The summed E-state index contributed by atoms with van der Waals surface area (Å²) in [6.45, 7) is 0. The Labute approximate surface area is 72.5 Å². The molecule has 1 aliphatic carbocycles. The number of alkyl halides is 1. The topological polar surface area (TPSA) is 0 Å². The maximum atomic E-state index is 3.49. The summed E-state index contributed by atoms with van der Waals surface area (Å²) in [5.41, 5.74) is 0. The predicted molar refractivity (Wildman–Crippen MR) is 49.4 cm³/mol. The Morgan fingerprint density at radius 2 is 1.60 bits per heavy atom. The Kier molecular flexibility index (Phi) is 4.44. The second kappa shape index (κ2) is 5.17. The highest BCUT2D eigenvalue weighted by Crippen LogP contribution is 2.27. The highest BCUT2D eigenvalue weighted by molar-refractivity contribution is 9.09. The molecule has 1 heteroatoms. The molecule has 1 rings (SSSR count). The molecular weight excluding hydrogens is 188 g/mol. The average molecular weight is 204 g/mol. The van der Waals surface area contributed by atoms with E-state index in [1.807, 2.05) is 0 Å². The molecule has 0 aromatic rings. The lowest BCUT2D eigenvalue weighted by Gasteiger charge is -2.09. The van der Waals surface area contributed by atoms with Crippen molar-refractivity contribution in [3.63, 3.8) is 0 Å². The summed E-state index contributed by atoms with van der Waals surface area (Å²) in [4.78, 5) is 0. The van der Waals surface area contributed by atoms with Crippen LogP contribution in [0.5, 0.6) is 0 Å². The molecule has 59 valence electrons. The molecule has 0 unspecified atom stereocenters. The summed E-state index contributed by atoms with van der Waals surface area (Å²) >= 11 is 3.49. The fourth-order valence-corrected chi connectivity index (χ4v) is 2.17. The molecule has 1 saturated carbocycles. The first kappa shape index (κ1) is 8.58. The van der Waals surface area contributed by atoms with E-state index in [0.717, 1.165) is 0 Å². The van der Waals surface area contributed by atoms with Crippen LogP contribution in [0, 0.1) is 5.92 Å². The van der Waals surface area contributed by atoms with Crippen molar-refractivity contribution in [2.45, 2.75) is 44.9 Å². The molecule has 10 heavy (non-hydrogen) atoms. The Balaban J connectivity index is 2.15. The van der Waals surface area contributed by atoms with Gasteiger partial charge in [-0.2, -0.15) is 0 Å². The van der Waals surface area contributed by atoms with Crippen molar-refractivity contribution in [1.82, 2.24) is 0 Å². The third-order valence-electron chi connectivity index (χ3n) is 2.26. The van der Waals surface area contributed by atoms with Crippen molar-refractivity contribution < 1.29 is 0 Å². The Morgan fingerprint density at radius 1 is 1.00 bits per heavy atom. The minimum absolute atomic E-state index is 1.17. The molecule has 0 aromatic heterocycles. The summed E-state index contributed by atoms with van der Waals surface area (Å²) in [5.74, 6) is 1.80. The van der Waals surface area contributed by atoms with E-state index in [-0.39, 0.29) is 0 Å². The lowest BCUT2D eigenvalue weighted by Crippen LogP contribution is -1.95. The van der Waals surface area contributed by atoms with Gasteiger partial charge in [0.25, 0.3) is 0 Å². The van der Waals surface area contributed by atoms with E-state index in [2.05, 4.69) is 15.9 Å². The van der Waals surface area contributed by atoms with Gasteiger partial charge in [0.05, 0.1) is 0 Å². The first-order valence-electron chi connectivity index (χ1n) is 4.33. The van der Waals surface area contributed by atoms with Crippen LogP contribution in [0.3, 0.4) is 0 Å². The zero-order valence-corrected chi connectivity index (χ0v) is 8.12. The molecule has 1 aliphatic rings. The second-order valence-corrected chi connectivity index (χ2v) is 3.90. The molecule has 0 spiro atoms. The average Bonchev–Trinajstić information content (AvgIpc) is 2.17. The van der Waals surface area contributed by atoms with E-state index in [4.69, 9.17) is 0 Å². The van der Waals surface area contributed by atoms with Crippen LogP contribution in [0.2, 0.25) is 0 Å². The first-order chi connectivity index (χ1) is 4.93. The molecular formula is C9H16Br. The van der Waals surface area contributed by atoms with Crippen LogP contribution in [-0.4, -0.2) is 5.33 Å². The SMILES string of the molecule is BrCC[C]1CCCCCC1. The van der Waals surface area contributed by atoms with Crippen LogP contribution in [0.4, 0.5) is 0 Å². The fourth-order valence-electron chi connectivity index (χ4n) is 1.61. The molecule has 0 bridgehead atoms. The predicted octanol–water partition coefficient (Wildman–Crippen LogP) is 3.70. The fraction of sp³-hybridized carbons (Fsp3) is 0.889. The van der Waals surface area contributed by atoms with E-state index in [0.29, 0.717) is 0 Å². The van der Waals surface area contributed by atoms with Crippen molar-refractivity contribution in [2.75, 3.05) is 5.33 Å². The highest BCUT2D eigenvalue weighted by Gasteiger charge is 2.10. The second-order valence-electron chi connectivity index (χ2n) is 3.10. The van der Waals surface area contributed by atoms with Crippen molar-refractivity contribution >= 4 is 15.9 Å². The molecule has 0 nitrogen and oxygen atoms in total. The zero-order chi connectivity index (χ0) is 7.23. The smallest absolute Gasteiger partial charge is 0.00367 e. The van der Waals surface area contributed by atoms with Crippen molar-refractivity contribution in [3.8, 4) is 0 Å². The maximum Gasteiger partial charge on any atom is 0.00367 e. The molecule has 0 N–H and O–H groups in total. The van der Waals surface area contributed by atoms with Gasteiger partial charge in [-0.15, -0.1) is 0 Å². The van der Waals surface area contributed by atoms with Crippen LogP contribution >= 0.6 is 15.9 Å². The molecule has 0 atom stereocenters. The van der Waals surface area contributed by atoms with Gasteiger partial charge in [-0.1, -0.05) is 41.6 Å². The van der Waals surface area contributed by atoms with E-state index >= 15 is 0 Å². The van der Waals surface area contributed by atoms with Gasteiger partial charge < -0.3 is 0 Å². The largest absolute Gasteiger partial charge is 0.0928 e. The van der Waals surface area contributed by atoms with E-state index < -0.39 is 0 Å². The lowest BCUT2D eigenvalue weighted by atomic mass is 9.98. The van der Waals surface area contributed by atoms with Crippen LogP contribution in [0.25, 0.3) is 0 Å². The summed E-state index contributed by atoms with van der Waals surface area (Å²) in [6.07, 6.45) is 9.96. The van der Waals surface area contributed by atoms with Crippen molar-refractivity contribution in [1.29, 1.82) is 0 Å². The van der Waals surface area contributed by atoms with Gasteiger partial charge in [0.2, 0.25) is 0 Å². The Bertz CT molecular complexity index is 72.8. The Morgan fingerprint density at radius 3 is 2.10 bits per heavy atom. The zero-order valence-electron chi connectivity index (χ0n) is 6.53. The van der Waals surface area contributed by atoms with Gasteiger partial charge in [0, 0.05) is 5.33 Å². The van der Waals surface area contributed by atoms with Gasteiger partial charge in [-0.25, -0.2) is 0 Å². The van der Waals surface area contributed by atoms with Gasteiger partial charge >= 0.3 is 0 Å². The third-order valence-corrected chi connectivity index (χ3v) is 2.66. The van der Waals surface area contributed by atoms with Crippen LogP contribution in [0.1, 0.15) is 44.9 Å². The van der Waals surface area contributed by atoms with Gasteiger partial charge in [-0.3, -0.25) is 0 Å². The standard InChI is InChI=1S/C9H16Br/c10-8-7-9-5-3-1-2-4-6-9/h1-8H2. The third kappa shape index (κ3) is 3.05. The number of hydrogen-bond donors (Lipinski definition) is 0. The highest BCUT2D eigenvalue weighted by atomic mass is 79.9. The maximum absolute atomic E-state index is 3.49. The van der Waals surface area contributed by atoms with Gasteiger partial charge in [0.1, 0.15) is 0 Å². The lowest BCUT2D eigenvalue weighted by molar-refractivity contribution is 0.693. The minimum Gasteiger partial charge on any atom is -0.0928 e. The van der Waals surface area contributed by atoms with Crippen LogP contribution in [-0.2, 0) is 0 Å². The normalized spacial score (nSPS) is 22.5. The molecule has 0 saturated heterocycles. The van der Waals surface area contributed by atoms with Gasteiger partial charge in [0.15, 0.2) is 0 Å². The molecule has 0 aromatic carbocycles. The quantitative estimate of drug-likeness (QED) is 0.475. The van der Waals surface area contributed by atoms with Crippen LogP contribution in [0.15, 0.2) is 0 Å². The van der Waals surface area contributed by atoms with E-state index in [1.54, 1.807) is 5.92 Å². The molecule has 0 amide bonds. The van der Waals surface area contributed by atoms with Gasteiger partial charge in [-0.05, 0) is 25.2 Å². The summed E-state index contributed by atoms with van der Waals surface area (Å²) in [6, 6.07) is 0. The number of rotatable bonds is 2. The monoisotopic (exact) mass is 203 g/mol. The van der Waals surface area contributed by atoms with Crippen molar-refractivity contribution in [3.05, 3.63) is 5.92 Å². The molecule has 0 aliphatic heterocycles. The number of hydrogen-bond acceptors (Lipinski definition) is 0. The summed E-state index contributed by atoms with van der Waals surface area (Å²) in [5, 5.41) is 1.17. The minimum atomic E-state index is 1.17. The summed E-state index contributed by atoms with van der Waals surface area (Å²) in [7, 11) is 0. The molecule has 1 radical (unpaired) electrons.